The molecule has 1 heterocycles. The molecule has 1 saturated heterocycles. The molecular formula is C27H30ClNO4. The number of aliphatic hydroxyl groups is 3. The van der Waals surface area contributed by atoms with Crippen LogP contribution in [0.4, 0.5) is 0 Å². The van der Waals surface area contributed by atoms with Gasteiger partial charge >= 0.3 is 0 Å². The summed E-state index contributed by atoms with van der Waals surface area (Å²) in [6.45, 7) is 3.38. The molecule has 5 nitrogen and oxygen atoms in total. The molecule has 0 amide bonds. The highest BCUT2D eigenvalue weighted by Gasteiger charge is 2.42. The molecule has 0 radical (unpaired) electrons. The molecule has 0 aromatic heterocycles. The van der Waals surface area contributed by atoms with E-state index in [1.54, 1.807) is 0 Å². The molecule has 6 heteroatoms. The zero-order chi connectivity index (χ0) is 23.4. The fourth-order valence-electron chi connectivity index (χ4n) is 4.49. The van der Waals surface area contributed by atoms with Gasteiger partial charge in [-0.15, -0.1) is 0 Å². The predicted octanol–water partition coefficient (Wildman–Crippen LogP) is 3.97. The van der Waals surface area contributed by atoms with Crippen LogP contribution in [-0.4, -0.2) is 51.7 Å². The summed E-state index contributed by atoms with van der Waals surface area (Å²) in [4.78, 5) is 2.02. The third-order valence-electron chi connectivity index (χ3n) is 6.15. The summed E-state index contributed by atoms with van der Waals surface area (Å²) in [5.41, 5.74) is 3.96. The Hall–Kier alpha value is -2.41. The molecular weight excluding hydrogens is 438 g/mol. The quantitative estimate of drug-likeness (QED) is 0.490. The first-order chi connectivity index (χ1) is 16.0. The summed E-state index contributed by atoms with van der Waals surface area (Å²) < 4.78 is 5.52. The van der Waals surface area contributed by atoms with Gasteiger partial charge in [-0.05, 0) is 53.8 Å². The van der Waals surface area contributed by atoms with Gasteiger partial charge in [0.05, 0.1) is 18.8 Å². The number of aliphatic hydroxyl groups excluding tert-OH is 3. The Morgan fingerprint density at radius 2 is 1.64 bits per heavy atom. The van der Waals surface area contributed by atoms with Crippen molar-refractivity contribution in [1.82, 2.24) is 4.90 Å². The zero-order valence-electron chi connectivity index (χ0n) is 18.6. The summed E-state index contributed by atoms with van der Waals surface area (Å²) in [5, 5.41) is 32.3. The Labute approximate surface area is 199 Å². The van der Waals surface area contributed by atoms with Crippen molar-refractivity contribution >= 4 is 11.6 Å². The SMILES string of the molecule is CCOc1ccc(Cc2cc([C@H]3[C@H](O)[C@@H](O)[C@H](O)CN3Cc3ccccc3)ccc2Cl)cc1. The number of β-amino-alcohol motifs (C(OH)–C–C–N with tert-alkyl or cyclic N) is 1. The zero-order valence-corrected chi connectivity index (χ0v) is 19.4. The lowest BCUT2D eigenvalue weighted by Crippen LogP contribution is -2.56. The minimum atomic E-state index is -1.22. The molecule has 3 aromatic carbocycles. The molecule has 3 aromatic rings. The molecule has 3 N–H and O–H groups in total. The first-order valence-electron chi connectivity index (χ1n) is 11.3. The molecule has 0 aliphatic carbocycles. The lowest BCUT2D eigenvalue weighted by atomic mass is 9.87. The number of ether oxygens (including phenoxy) is 1. The van der Waals surface area contributed by atoms with Crippen molar-refractivity contribution in [2.24, 2.45) is 0 Å². The smallest absolute Gasteiger partial charge is 0.119 e. The Balaban J connectivity index is 1.62. The number of halogens is 1. The molecule has 1 fully saturated rings. The Bertz CT molecular complexity index is 1040. The fraction of sp³-hybridized carbons (Fsp3) is 0.333. The van der Waals surface area contributed by atoms with Gasteiger partial charge in [-0.2, -0.15) is 0 Å². The van der Waals surface area contributed by atoms with E-state index in [0.717, 1.165) is 28.0 Å². The second kappa shape index (κ2) is 10.7. The third kappa shape index (κ3) is 5.57. The van der Waals surface area contributed by atoms with Gasteiger partial charge in [-0.3, -0.25) is 4.90 Å². The highest BCUT2D eigenvalue weighted by atomic mass is 35.5. The largest absolute Gasteiger partial charge is 0.494 e. The van der Waals surface area contributed by atoms with E-state index in [-0.39, 0.29) is 6.54 Å². The van der Waals surface area contributed by atoms with Gasteiger partial charge in [0.25, 0.3) is 0 Å². The van der Waals surface area contributed by atoms with Crippen LogP contribution in [0, 0.1) is 0 Å². The predicted molar refractivity (Wildman–Crippen MR) is 129 cm³/mol. The monoisotopic (exact) mass is 467 g/mol. The van der Waals surface area contributed by atoms with E-state index in [1.807, 2.05) is 84.6 Å². The van der Waals surface area contributed by atoms with Crippen LogP contribution in [0.1, 0.15) is 35.2 Å². The van der Waals surface area contributed by atoms with E-state index in [9.17, 15) is 15.3 Å². The molecule has 174 valence electrons. The van der Waals surface area contributed by atoms with Gasteiger partial charge in [-0.1, -0.05) is 66.2 Å². The van der Waals surface area contributed by atoms with E-state index >= 15 is 0 Å². The second-order valence-corrected chi connectivity index (χ2v) is 8.92. The lowest BCUT2D eigenvalue weighted by molar-refractivity contribution is -0.140. The number of benzene rings is 3. The standard InChI is InChI=1S/C27H30ClNO4/c1-2-33-22-11-8-18(9-12-22)14-21-15-20(10-13-23(21)28)25-27(32)26(31)24(30)17-29(25)16-19-6-4-3-5-7-19/h3-13,15,24-27,30-32H,2,14,16-17H2,1H3/t24-,25+,26+,27+/m1/s1. The lowest BCUT2D eigenvalue weighted by Gasteiger charge is -2.44. The van der Waals surface area contributed by atoms with E-state index < -0.39 is 24.4 Å². The molecule has 4 rings (SSSR count). The number of nitrogens with zero attached hydrogens (tertiary/aromatic N) is 1. The molecule has 0 bridgehead atoms. The summed E-state index contributed by atoms with van der Waals surface area (Å²) in [6, 6.07) is 23.1. The van der Waals surface area contributed by atoms with Crippen molar-refractivity contribution in [3.63, 3.8) is 0 Å². The number of likely N-dealkylation sites (tertiary alicyclic amines) is 1. The van der Waals surface area contributed by atoms with Crippen molar-refractivity contribution in [1.29, 1.82) is 0 Å². The van der Waals surface area contributed by atoms with Crippen LogP contribution in [-0.2, 0) is 13.0 Å². The number of rotatable bonds is 7. The number of hydrogen-bond acceptors (Lipinski definition) is 5. The molecule has 1 aliphatic heterocycles. The molecule has 33 heavy (non-hydrogen) atoms. The van der Waals surface area contributed by atoms with Crippen LogP contribution in [0.15, 0.2) is 72.8 Å². The van der Waals surface area contributed by atoms with Crippen molar-refractivity contribution in [3.8, 4) is 5.75 Å². The Kier molecular flexibility index (Phi) is 7.68. The van der Waals surface area contributed by atoms with Crippen molar-refractivity contribution < 1.29 is 20.1 Å². The number of piperidine rings is 1. The van der Waals surface area contributed by atoms with Crippen LogP contribution >= 0.6 is 11.6 Å². The van der Waals surface area contributed by atoms with Crippen molar-refractivity contribution in [2.75, 3.05) is 13.2 Å². The summed E-state index contributed by atoms with van der Waals surface area (Å²) in [5.74, 6) is 0.829. The average molecular weight is 468 g/mol. The molecule has 4 atom stereocenters. The van der Waals surface area contributed by atoms with Crippen LogP contribution < -0.4 is 4.74 Å². The van der Waals surface area contributed by atoms with Crippen molar-refractivity contribution in [3.05, 3.63) is 100 Å². The van der Waals surface area contributed by atoms with Gasteiger partial charge in [0, 0.05) is 18.1 Å². The van der Waals surface area contributed by atoms with E-state index in [2.05, 4.69) is 0 Å². The Morgan fingerprint density at radius 1 is 0.909 bits per heavy atom. The maximum absolute atomic E-state index is 10.9. The number of hydrogen-bond donors (Lipinski definition) is 3. The second-order valence-electron chi connectivity index (χ2n) is 8.51. The average Bonchev–Trinajstić information content (AvgIpc) is 2.82. The molecule has 0 spiro atoms. The van der Waals surface area contributed by atoms with Gasteiger partial charge < -0.3 is 20.1 Å². The minimum absolute atomic E-state index is 0.259. The Morgan fingerprint density at radius 3 is 2.33 bits per heavy atom. The summed E-state index contributed by atoms with van der Waals surface area (Å²) in [6.07, 6.45) is -2.73. The van der Waals surface area contributed by atoms with E-state index in [1.165, 1.54) is 0 Å². The van der Waals surface area contributed by atoms with E-state index in [0.29, 0.717) is 24.6 Å². The molecule has 0 saturated carbocycles. The molecule has 1 aliphatic rings. The minimum Gasteiger partial charge on any atom is -0.494 e. The fourth-order valence-corrected chi connectivity index (χ4v) is 4.67. The van der Waals surface area contributed by atoms with Gasteiger partial charge in [0.15, 0.2) is 0 Å². The highest BCUT2D eigenvalue weighted by Crippen LogP contribution is 2.35. The summed E-state index contributed by atoms with van der Waals surface area (Å²) in [7, 11) is 0. The van der Waals surface area contributed by atoms with Crippen LogP contribution in [0.2, 0.25) is 5.02 Å². The highest BCUT2D eigenvalue weighted by molar-refractivity contribution is 6.31. The maximum Gasteiger partial charge on any atom is 0.119 e. The maximum atomic E-state index is 10.9. The van der Waals surface area contributed by atoms with E-state index in [4.69, 9.17) is 16.3 Å². The van der Waals surface area contributed by atoms with Crippen LogP contribution in [0.5, 0.6) is 5.75 Å². The first-order valence-corrected chi connectivity index (χ1v) is 11.7. The van der Waals surface area contributed by atoms with Crippen molar-refractivity contribution in [2.45, 2.75) is 44.2 Å². The normalized spacial score (nSPS) is 23.4. The third-order valence-corrected chi connectivity index (χ3v) is 6.52. The van der Waals surface area contributed by atoms with Gasteiger partial charge in [-0.25, -0.2) is 0 Å². The van der Waals surface area contributed by atoms with Gasteiger partial charge in [0.1, 0.15) is 18.0 Å². The summed E-state index contributed by atoms with van der Waals surface area (Å²) >= 11 is 6.53. The van der Waals surface area contributed by atoms with Crippen LogP contribution in [0.25, 0.3) is 0 Å². The van der Waals surface area contributed by atoms with Crippen LogP contribution in [0.3, 0.4) is 0 Å². The van der Waals surface area contributed by atoms with Gasteiger partial charge in [0.2, 0.25) is 0 Å². The first kappa shape index (κ1) is 23.7. The molecule has 0 unspecified atom stereocenters. The topological polar surface area (TPSA) is 73.2 Å².